The van der Waals surface area contributed by atoms with E-state index in [1.165, 1.54) is 7.11 Å². The van der Waals surface area contributed by atoms with Gasteiger partial charge in [-0.05, 0) is 52.3 Å². The Morgan fingerprint density at radius 3 is 2.71 bits per heavy atom. The van der Waals surface area contributed by atoms with Gasteiger partial charge in [0.2, 0.25) is 0 Å². The van der Waals surface area contributed by atoms with Crippen LogP contribution in [0.2, 0.25) is 0 Å². The molecule has 0 heterocycles. The predicted molar refractivity (Wildman–Crippen MR) is 84.3 cm³/mol. The molecule has 5 nitrogen and oxygen atoms in total. The van der Waals surface area contributed by atoms with Gasteiger partial charge >= 0.3 is 5.97 Å². The molecule has 0 atom stereocenters. The maximum atomic E-state index is 11.6. The minimum atomic E-state index is -0.491. The molecule has 106 valence electrons. The van der Waals surface area contributed by atoms with E-state index < -0.39 is 5.97 Å². The summed E-state index contributed by atoms with van der Waals surface area (Å²) in [5.41, 5.74) is 8.42. The minimum absolute atomic E-state index is 0.298. The fourth-order valence-electron chi connectivity index (χ4n) is 1.76. The number of halogens is 1. The van der Waals surface area contributed by atoms with E-state index in [1.54, 1.807) is 36.4 Å². The number of nitrogen functional groups attached to an aromatic ring is 1. The monoisotopic (exact) mass is 345 g/mol. The molecule has 2 aromatic rings. The molecule has 0 saturated heterocycles. The van der Waals surface area contributed by atoms with Crippen LogP contribution in [0.4, 0.5) is 17.1 Å². The lowest BCUT2D eigenvalue weighted by Gasteiger charge is -2.11. The Labute approximate surface area is 130 Å². The minimum Gasteiger partial charge on any atom is -0.465 e. The van der Waals surface area contributed by atoms with Crippen LogP contribution in [0.3, 0.4) is 0 Å². The van der Waals surface area contributed by atoms with Crippen molar-refractivity contribution in [3.8, 4) is 6.07 Å². The Balaban J connectivity index is 2.32. The van der Waals surface area contributed by atoms with E-state index in [0.29, 0.717) is 22.5 Å². The number of benzene rings is 2. The number of ether oxygens (including phenoxy) is 1. The molecule has 0 radical (unpaired) electrons. The van der Waals surface area contributed by atoms with Crippen molar-refractivity contribution in [2.75, 3.05) is 18.2 Å². The first-order valence-corrected chi connectivity index (χ1v) is 6.79. The molecule has 0 aromatic heterocycles. The number of carbonyl (C=O) groups is 1. The first-order chi connectivity index (χ1) is 10.0. The normalized spacial score (nSPS) is 9.76. The molecule has 2 aromatic carbocycles. The van der Waals surface area contributed by atoms with Crippen LogP contribution >= 0.6 is 15.9 Å². The lowest BCUT2D eigenvalue weighted by atomic mass is 10.1. The van der Waals surface area contributed by atoms with E-state index in [4.69, 9.17) is 11.0 Å². The van der Waals surface area contributed by atoms with Crippen molar-refractivity contribution in [1.29, 1.82) is 5.26 Å². The summed E-state index contributed by atoms with van der Waals surface area (Å²) in [6.45, 7) is 0. The molecule has 6 heteroatoms. The molecule has 0 saturated carbocycles. The average molecular weight is 346 g/mol. The fraction of sp³-hybridized carbons (Fsp3) is 0.0667. The third-order valence-electron chi connectivity index (χ3n) is 2.84. The van der Waals surface area contributed by atoms with Gasteiger partial charge in [0.1, 0.15) is 0 Å². The van der Waals surface area contributed by atoms with Crippen LogP contribution in [0.15, 0.2) is 40.9 Å². The summed E-state index contributed by atoms with van der Waals surface area (Å²) in [6, 6.07) is 12.3. The highest BCUT2D eigenvalue weighted by molar-refractivity contribution is 9.10. The van der Waals surface area contributed by atoms with Crippen molar-refractivity contribution in [3.05, 3.63) is 52.0 Å². The zero-order chi connectivity index (χ0) is 15.4. The van der Waals surface area contributed by atoms with Crippen LogP contribution in [0.25, 0.3) is 0 Å². The molecular formula is C15H12BrN3O2. The maximum Gasteiger partial charge on any atom is 0.340 e. The van der Waals surface area contributed by atoms with Crippen LogP contribution in [0.1, 0.15) is 15.9 Å². The molecule has 0 unspecified atom stereocenters. The van der Waals surface area contributed by atoms with E-state index in [1.807, 2.05) is 0 Å². The zero-order valence-electron chi connectivity index (χ0n) is 11.2. The maximum absolute atomic E-state index is 11.6. The van der Waals surface area contributed by atoms with Crippen LogP contribution in [0.5, 0.6) is 0 Å². The Bertz CT molecular complexity index is 738. The van der Waals surface area contributed by atoms with Gasteiger partial charge in [0, 0.05) is 15.8 Å². The largest absolute Gasteiger partial charge is 0.465 e. The number of rotatable bonds is 3. The Hall–Kier alpha value is -2.52. The summed E-state index contributed by atoms with van der Waals surface area (Å²) in [5.74, 6) is -0.491. The molecule has 0 aliphatic heterocycles. The van der Waals surface area contributed by atoms with E-state index in [2.05, 4.69) is 32.1 Å². The van der Waals surface area contributed by atoms with Crippen molar-refractivity contribution >= 4 is 39.0 Å². The first kappa shape index (κ1) is 14.9. The van der Waals surface area contributed by atoms with E-state index in [9.17, 15) is 4.79 Å². The van der Waals surface area contributed by atoms with Crippen molar-refractivity contribution < 1.29 is 9.53 Å². The quantitative estimate of drug-likeness (QED) is 0.657. The number of hydrogen-bond donors (Lipinski definition) is 2. The second-order valence-corrected chi connectivity index (χ2v) is 5.08. The molecule has 0 aliphatic rings. The lowest BCUT2D eigenvalue weighted by Crippen LogP contribution is -2.06. The number of nitrogens with zero attached hydrogens (tertiary/aromatic N) is 1. The van der Waals surface area contributed by atoms with Crippen LogP contribution in [-0.2, 0) is 4.74 Å². The second kappa shape index (κ2) is 6.29. The lowest BCUT2D eigenvalue weighted by molar-refractivity contribution is 0.0602. The third kappa shape index (κ3) is 3.33. The van der Waals surface area contributed by atoms with E-state index in [-0.39, 0.29) is 0 Å². The molecule has 2 rings (SSSR count). The Morgan fingerprint density at radius 1 is 1.33 bits per heavy atom. The number of anilines is 3. The summed E-state index contributed by atoms with van der Waals surface area (Å²) < 4.78 is 5.43. The van der Waals surface area contributed by atoms with E-state index >= 15 is 0 Å². The highest BCUT2D eigenvalue weighted by Gasteiger charge is 2.11. The van der Waals surface area contributed by atoms with Crippen LogP contribution < -0.4 is 11.1 Å². The predicted octanol–water partition coefficient (Wildman–Crippen LogP) is 3.43. The third-order valence-corrected chi connectivity index (χ3v) is 3.49. The summed E-state index contributed by atoms with van der Waals surface area (Å²) in [6.07, 6.45) is 0. The van der Waals surface area contributed by atoms with E-state index in [0.717, 1.165) is 10.2 Å². The standard InChI is InChI=1S/C15H12BrN3O2/c1-21-15(20)11-7-10(3-4-13(11)18)19-14-5-2-9(8-17)6-12(14)16/h2-7,19H,18H2,1H3. The summed E-state index contributed by atoms with van der Waals surface area (Å²) >= 11 is 3.39. The van der Waals surface area contributed by atoms with Crippen molar-refractivity contribution in [2.24, 2.45) is 0 Å². The Morgan fingerprint density at radius 2 is 2.10 bits per heavy atom. The number of hydrogen-bond acceptors (Lipinski definition) is 5. The fourth-order valence-corrected chi connectivity index (χ4v) is 2.24. The highest BCUT2D eigenvalue weighted by atomic mass is 79.9. The van der Waals surface area contributed by atoms with Gasteiger partial charge in [0.25, 0.3) is 0 Å². The Kier molecular flexibility index (Phi) is 4.45. The van der Waals surface area contributed by atoms with Gasteiger partial charge in [0.15, 0.2) is 0 Å². The SMILES string of the molecule is COC(=O)c1cc(Nc2ccc(C#N)cc2Br)ccc1N. The molecule has 0 aliphatic carbocycles. The molecule has 0 bridgehead atoms. The number of esters is 1. The molecule has 0 fully saturated rings. The summed E-state index contributed by atoms with van der Waals surface area (Å²) in [5, 5.41) is 12.0. The molecule has 21 heavy (non-hydrogen) atoms. The van der Waals surface area contributed by atoms with Gasteiger partial charge in [-0.2, -0.15) is 5.26 Å². The first-order valence-electron chi connectivity index (χ1n) is 5.99. The van der Waals surface area contributed by atoms with Gasteiger partial charge in [-0.25, -0.2) is 4.79 Å². The van der Waals surface area contributed by atoms with Crippen molar-refractivity contribution in [3.63, 3.8) is 0 Å². The second-order valence-electron chi connectivity index (χ2n) is 4.23. The molecule has 3 N–H and O–H groups in total. The number of nitrogens with one attached hydrogen (secondary N) is 1. The van der Waals surface area contributed by atoms with Gasteiger partial charge in [0.05, 0.1) is 30.0 Å². The molecule has 0 amide bonds. The number of methoxy groups -OCH3 is 1. The van der Waals surface area contributed by atoms with Gasteiger partial charge in [-0.15, -0.1) is 0 Å². The molecular weight excluding hydrogens is 334 g/mol. The zero-order valence-corrected chi connectivity index (χ0v) is 12.8. The summed E-state index contributed by atoms with van der Waals surface area (Å²) in [4.78, 5) is 11.6. The number of nitriles is 1. The van der Waals surface area contributed by atoms with Crippen molar-refractivity contribution in [2.45, 2.75) is 0 Å². The number of nitrogens with two attached hydrogens (primary N) is 1. The smallest absolute Gasteiger partial charge is 0.340 e. The molecule has 0 spiro atoms. The van der Waals surface area contributed by atoms with Crippen molar-refractivity contribution in [1.82, 2.24) is 0 Å². The summed E-state index contributed by atoms with van der Waals surface area (Å²) in [7, 11) is 1.30. The topological polar surface area (TPSA) is 88.1 Å². The van der Waals surface area contributed by atoms with Crippen LogP contribution in [-0.4, -0.2) is 13.1 Å². The average Bonchev–Trinajstić information content (AvgIpc) is 2.50. The highest BCUT2D eigenvalue weighted by Crippen LogP contribution is 2.28. The van der Waals surface area contributed by atoms with Gasteiger partial charge < -0.3 is 15.8 Å². The van der Waals surface area contributed by atoms with Crippen LogP contribution in [0, 0.1) is 11.3 Å². The van der Waals surface area contributed by atoms with Gasteiger partial charge in [-0.3, -0.25) is 0 Å². The number of carbonyl (C=O) groups excluding carboxylic acids is 1. The van der Waals surface area contributed by atoms with Gasteiger partial charge in [-0.1, -0.05) is 0 Å².